The summed E-state index contributed by atoms with van der Waals surface area (Å²) in [4.78, 5) is 11.3. The molecule has 80 valence electrons. The smallest absolute Gasteiger partial charge is 0.250 e. The van der Waals surface area contributed by atoms with E-state index < -0.39 is 0 Å². The fraction of sp³-hybridized carbons (Fsp3) is 0.250. The summed E-state index contributed by atoms with van der Waals surface area (Å²) in [5.41, 5.74) is 1.20. The van der Waals surface area contributed by atoms with E-state index in [1.54, 1.807) is 13.0 Å². The Labute approximate surface area is 89.8 Å². The highest BCUT2D eigenvalue weighted by Crippen LogP contribution is 2.17. The molecule has 0 radical (unpaired) electrons. The summed E-state index contributed by atoms with van der Waals surface area (Å²) in [6, 6.07) is 7.27. The maximum absolute atomic E-state index is 11.3. The van der Waals surface area contributed by atoms with Crippen molar-refractivity contribution < 1.29 is 9.53 Å². The summed E-state index contributed by atoms with van der Waals surface area (Å²) < 4.78 is 5.31. The van der Waals surface area contributed by atoms with Crippen molar-refractivity contribution in [1.29, 1.82) is 0 Å². The zero-order valence-corrected chi connectivity index (χ0v) is 9.04. The highest BCUT2D eigenvalue weighted by Gasteiger charge is 2.02. The van der Waals surface area contributed by atoms with E-state index in [4.69, 9.17) is 4.74 Å². The lowest BCUT2D eigenvalue weighted by molar-refractivity contribution is -0.112. The molecular weight excluding hydrogens is 190 g/mol. The Morgan fingerprint density at radius 2 is 2.27 bits per heavy atom. The van der Waals surface area contributed by atoms with Gasteiger partial charge in [0.2, 0.25) is 0 Å². The second-order valence-corrected chi connectivity index (χ2v) is 3.20. The van der Waals surface area contributed by atoms with Crippen LogP contribution in [0.5, 0.6) is 5.75 Å². The minimum absolute atomic E-state index is 0.177. The molecule has 0 aliphatic heterocycles. The number of nitrogens with one attached hydrogen (secondary N) is 1. The van der Waals surface area contributed by atoms with Gasteiger partial charge in [-0.2, -0.15) is 0 Å². The Morgan fingerprint density at radius 1 is 1.53 bits per heavy atom. The van der Waals surface area contributed by atoms with Gasteiger partial charge in [-0.25, -0.2) is 0 Å². The fourth-order valence-corrected chi connectivity index (χ4v) is 1.07. The molecule has 0 saturated carbocycles. The lowest BCUT2D eigenvalue weighted by Gasteiger charge is -2.07. The quantitative estimate of drug-likeness (QED) is 0.767. The van der Waals surface area contributed by atoms with Crippen molar-refractivity contribution in [2.24, 2.45) is 0 Å². The minimum Gasteiger partial charge on any atom is -0.494 e. The molecule has 1 amide bonds. The van der Waals surface area contributed by atoms with Crippen LogP contribution in [-0.2, 0) is 4.79 Å². The summed E-state index contributed by atoms with van der Waals surface area (Å²) in [5.74, 6) is 0.570. The van der Waals surface area contributed by atoms with Gasteiger partial charge < -0.3 is 10.1 Å². The van der Waals surface area contributed by atoms with E-state index in [9.17, 15) is 4.79 Å². The molecule has 0 saturated heterocycles. The van der Waals surface area contributed by atoms with Gasteiger partial charge in [0.15, 0.2) is 0 Å². The Morgan fingerprint density at radius 3 is 2.87 bits per heavy atom. The third kappa shape index (κ3) is 3.46. The Bertz CT molecular complexity index is 372. The van der Waals surface area contributed by atoms with Crippen LogP contribution >= 0.6 is 0 Å². The Balaban J connectivity index is 2.73. The molecule has 0 aromatic heterocycles. The average molecular weight is 205 g/mol. The highest BCUT2D eigenvalue weighted by molar-refractivity contribution is 6.02. The SMILES string of the molecule is C=C(C)C(=O)Nc1cccc(OCC)c1. The topological polar surface area (TPSA) is 38.3 Å². The number of anilines is 1. The lowest BCUT2D eigenvalue weighted by Crippen LogP contribution is -2.11. The standard InChI is InChI=1S/C12H15NO2/c1-4-15-11-7-5-6-10(8-11)13-12(14)9(2)3/h5-8H,2,4H2,1,3H3,(H,13,14). The predicted octanol–water partition coefficient (Wildman–Crippen LogP) is 2.60. The van der Waals surface area contributed by atoms with Crippen molar-refractivity contribution in [3.05, 3.63) is 36.4 Å². The normalized spacial score (nSPS) is 9.47. The second-order valence-electron chi connectivity index (χ2n) is 3.20. The molecule has 0 heterocycles. The first-order valence-corrected chi connectivity index (χ1v) is 4.83. The molecule has 3 nitrogen and oxygen atoms in total. The van der Waals surface area contributed by atoms with E-state index >= 15 is 0 Å². The van der Waals surface area contributed by atoms with Crippen molar-refractivity contribution in [2.75, 3.05) is 11.9 Å². The van der Waals surface area contributed by atoms with Gasteiger partial charge in [-0.05, 0) is 26.0 Å². The van der Waals surface area contributed by atoms with Crippen LogP contribution in [0, 0.1) is 0 Å². The van der Waals surface area contributed by atoms with Gasteiger partial charge in [-0.3, -0.25) is 4.79 Å². The van der Waals surface area contributed by atoms with E-state index in [1.165, 1.54) is 0 Å². The van der Waals surface area contributed by atoms with E-state index in [-0.39, 0.29) is 5.91 Å². The molecule has 15 heavy (non-hydrogen) atoms. The number of benzene rings is 1. The van der Waals surface area contributed by atoms with E-state index in [2.05, 4.69) is 11.9 Å². The number of hydrogen-bond donors (Lipinski definition) is 1. The molecule has 0 unspecified atom stereocenters. The van der Waals surface area contributed by atoms with Gasteiger partial charge in [0.05, 0.1) is 6.61 Å². The Kier molecular flexibility index (Phi) is 3.92. The van der Waals surface area contributed by atoms with Crippen LogP contribution in [0.2, 0.25) is 0 Å². The molecule has 0 spiro atoms. The van der Waals surface area contributed by atoms with Crippen LogP contribution in [0.3, 0.4) is 0 Å². The highest BCUT2D eigenvalue weighted by atomic mass is 16.5. The van der Waals surface area contributed by atoms with E-state index in [1.807, 2.05) is 25.1 Å². The number of carbonyl (C=O) groups excluding carboxylic acids is 1. The van der Waals surface area contributed by atoms with Gasteiger partial charge in [0.25, 0.3) is 5.91 Å². The molecule has 0 aliphatic rings. The Hall–Kier alpha value is -1.77. The fourth-order valence-electron chi connectivity index (χ4n) is 1.07. The zero-order chi connectivity index (χ0) is 11.3. The molecule has 0 aliphatic carbocycles. The van der Waals surface area contributed by atoms with Crippen molar-refractivity contribution in [3.63, 3.8) is 0 Å². The lowest BCUT2D eigenvalue weighted by atomic mass is 10.2. The molecule has 3 heteroatoms. The van der Waals surface area contributed by atoms with Crippen LogP contribution in [0.25, 0.3) is 0 Å². The van der Waals surface area contributed by atoms with Crippen LogP contribution in [0.15, 0.2) is 36.4 Å². The summed E-state index contributed by atoms with van der Waals surface area (Å²) in [6.07, 6.45) is 0. The molecule has 0 atom stereocenters. The maximum atomic E-state index is 11.3. The zero-order valence-electron chi connectivity index (χ0n) is 9.04. The second kappa shape index (κ2) is 5.20. The minimum atomic E-state index is -0.177. The summed E-state index contributed by atoms with van der Waals surface area (Å²) in [5, 5.41) is 2.72. The van der Waals surface area contributed by atoms with Crippen LogP contribution in [0.4, 0.5) is 5.69 Å². The van der Waals surface area contributed by atoms with Gasteiger partial charge in [-0.1, -0.05) is 12.6 Å². The van der Waals surface area contributed by atoms with Crippen molar-refractivity contribution in [2.45, 2.75) is 13.8 Å². The van der Waals surface area contributed by atoms with Crippen molar-refractivity contribution >= 4 is 11.6 Å². The summed E-state index contributed by atoms with van der Waals surface area (Å²) >= 11 is 0. The molecule has 1 N–H and O–H groups in total. The molecule has 0 fully saturated rings. The summed E-state index contributed by atoms with van der Waals surface area (Å²) in [6.45, 7) is 7.76. The first-order chi connectivity index (χ1) is 7.13. The van der Waals surface area contributed by atoms with Crippen molar-refractivity contribution in [3.8, 4) is 5.75 Å². The van der Waals surface area contributed by atoms with Crippen LogP contribution < -0.4 is 10.1 Å². The van der Waals surface area contributed by atoms with Gasteiger partial charge in [0.1, 0.15) is 5.75 Å². The first-order valence-electron chi connectivity index (χ1n) is 4.83. The van der Waals surface area contributed by atoms with Gasteiger partial charge >= 0.3 is 0 Å². The van der Waals surface area contributed by atoms with Gasteiger partial charge in [-0.15, -0.1) is 0 Å². The number of hydrogen-bond acceptors (Lipinski definition) is 2. The van der Waals surface area contributed by atoms with E-state index in [0.29, 0.717) is 17.9 Å². The number of ether oxygens (including phenoxy) is 1. The first kappa shape index (κ1) is 11.3. The largest absolute Gasteiger partial charge is 0.494 e. The maximum Gasteiger partial charge on any atom is 0.250 e. The molecule has 1 aromatic carbocycles. The van der Waals surface area contributed by atoms with Gasteiger partial charge in [0, 0.05) is 17.3 Å². The molecule has 0 bridgehead atoms. The van der Waals surface area contributed by atoms with Crippen LogP contribution in [-0.4, -0.2) is 12.5 Å². The predicted molar refractivity (Wildman–Crippen MR) is 61.1 cm³/mol. The third-order valence-corrected chi connectivity index (χ3v) is 1.79. The summed E-state index contributed by atoms with van der Waals surface area (Å²) in [7, 11) is 0. The molecular formula is C12H15NO2. The van der Waals surface area contributed by atoms with Crippen LogP contribution in [0.1, 0.15) is 13.8 Å². The third-order valence-electron chi connectivity index (χ3n) is 1.79. The monoisotopic (exact) mass is 205 g/mol. The molecule has 1 aromatic rings. The molecule has 1 rings (SSSR count). The van der Waals surface area contributed by atoms with E-state index in [0.717, 1.165) is 5.75 Å². The van der Waals surface area contributed by atoms with Crippen molar-refractivity contribution in [1.82, 2.24) is 0 Å². The number of carbonyl (C=O) groups is 1. The number of amides is 1. The average Bonchev–Trinajstić information content (AvgIpc) is 2.18. The number of rotatable bonds is 4.